The SMILES string of the molecule is Cc1cc(F)ccc1C(C)(N)CO. The molecule has 0 saturated heterocycles. The van der Waals surface area contributed by atoms with Gasteiger partial charge in [0.25, 0.3) is 0 Å². The van der Waals surface area contributed by atoms with Crippen molar-refractivity contribution in [2.45, 2.75) is 19.4 Å². The van der Waals surface area contributed by atoms with Gasteiger partial charge in [-0.15, -0.1) is 0 Å². The number of hydrogen-bond donors (Lipinski definition) is 2. The molecule has 1 aromatic rings. The summed E-state index contributed by atoms with van der Waals surface area (Å²) in [6, 6.07) is 4.38. The Morgan fingerprint density at radius 2 is 2.15 bits per heavy atom. The Hall–Kier alpha value is -0.930. The summed E-state index contributed by atoms with van der Waals surface area (Å²) in [6.45, 7) is 3.34. The Kier molecular flexibility index (Phi) is 2.68. The Labute approximate surface area is 77.2 Å². The van der Waals surface area contributed by atoms with Crippen LogP contribution in [0.2, 0.25) is 0 Å². The van der Waals surface area contributed by atoms with E-state index in [0.29, 0.717) is 0 Å². The molecule has 0 aliphatic heterocycles. The molecule has 0 fully saturated rings. The van der Waals surface area contributed by atoms with Crippen LogP contribution in [0.3, 0.4) is 0 Å². The second-order valence-corrected chi connectivity index (χ2v) is 3.53. The molecule has 72 valence electrons. The third-order valence-corrected chi connectivity index (χ3v) is 2.13. The van der Waals surface area contributed by atoms with Crippen molar-refractivity contribution in [3.05, 3.63) is 35.1 Å². The van der Waals surface area contributed by atoms with E-state index < -0.39 is 5.54 Å². The normalized spacial score (nSPS) is 15.5. The molecule has 0 radical (unpaired) electrons. The first-order chi connectivity index (χ1) is 5.97. The standard InChI is InChI=1S/C10H14FNO/c1-7-5-8(11)3-4-9(7)10(2,12)6-13/h3-5,13H,6,12H2,1-2H3. The topological polar surface area (TPSA) is 46.2 Å². The van der Waals surface area contributed by atoms with Gasteiger partial charge in [-0.25, -0.2) is 4.39 Å². The minimum absolute atomic E-state index is 0.153. The lowest BCUT2D eigenvalue weighted by molar-refractivity contribution is 0.209. The van der Waals surface area contributed by atoms with Gasteiger partial charge in [-0.05, 0) is 37.1 Å². The number of aliphatic hydroxyl groups is 1. The number of hydrogen-bond acceptors (Lipinski definition) is 2. The lowest BCUT2D eigenvalue weighted by Gasteiger charge is -2.24. The monoisotopic (exact) mass is 183 g/mol. The maximum atomic E-state index is 12.7. The molecule has 0 heterocycles. The van der Waals surface area contributed by atoms with Crippen LogP contribution in [0.15, 0.2) is 18.2 Å². The summed E-state index contributed by atoms with van der Waals surface area (Å²) >= 11 is 0. The highest BCUT2D eigenvalue weighted by molar-refractivity contribution is 5.32. The quantitative estimate of drug-likeness (QED) is 0.726. The van der Waals surface area contributed by atoms with E-state index in [4.69, 9.17) is 10.8 Å². The smallest absolute Gasteiger partial charge is 0.123 e. The van der Waals surface area contributed by atoms with E-state index in [-0.39, 0.29) is 12.4 Å². The van der Waals surface area contributed by atoms with E-state index in [0.717, 1.165) is 11.1 Å². The second kappa shape index (κ2) is 3.44. The fraction of sp³-hybridized carbons (Fsp3) is 0.400. The molecule has 1 atom stereocenters. The van der Waals surface area contributed by atoms with Crippen LogP contribution in [0.5, 0.6) is 0 Å². The summed E-state index contributed by atoms with van der Waals surface area (Å²) in [7, 11) is 0. The van der Waals surface area contributed by atoms with Crippen molar-refractivity contribution in [3.63, 3.8) is 0 Å². The van der Waals surface area contributed by atoms with Gasteiger partial charge in [0.15, 0.2) is 0 Å². The van der Waals surface area contributed by atoms with Gasteiger partial charge < -0.3 is 10.8 Å². The summed E-state index contributed by atoms with van der Waals surface area (Å²) in [5, 5.41) is 9.02. The van der Waals surface area contributed by atoms with Crippen LogP contribution >= 0.6 is 0 Å². The van der Waals surface area contributed by atoms with Crippen LogP contribution < -0.4 is 5.73 Å². The number of aryl methyl sites for hydroxylation is 1. The fourth-order valence-electron chi connectivity index (χ4n) is 1.35. The Bertz CT molecular complexity index is 310. The number of aliphatic hydroxyl groups excluding tert-OH is 1. The van der Waals surface area contributed by atoms with Gasteiger partial charge in [0.1, 0.15) is 5.82 Å². The molecule has 1 unspecified atom stereocenters. The predicted molar refractivity (Wildman–Crippen MR) is 49.8 cm³/mol. The zero-order valence-corrected chi connectivity index (χ0v) is 7.84. The molecule has 3 N–H and O–H groups in total. The van der Waals surface area contributed by atoms with Crippen molar-refractivity contribution in [2.24, 2.45) is 5.73 Å². The van der Waals surface area contributed by atoms with Crippen molar-refractivity contribution >= 4 is 0 Å². The number of nitrogens with two attached hydrogens (primary N) is 1. The van der Waals surface area contributed by atoms with Gasteiger partial charge in [-0.3, -0.25) is 0 Å². The van der Waals surface area contributed by atoms with Crippen molar-refractivity contribution in [2.75, 3.05) is 6.61 Å². The highest BCUT2D eigenvalue weighted by atomic mass is 19.1. The number of benzene rings is 1. The zero-order chi connectivity index (χ0) is 10.1. The Morgan fingerprint density at radius 3 is 2.62 bits per heavy atom. The van der Waals surface area contributed by atoms with Crippen molar-refractivity contribution in [3.8, 4) is 0 Å². The van der Waals surface area contributed by atoms with Gasteiger partial charge in [-0.2, -0.15) is 0 Å². The van der Waals surface area contributed by atoms with E-state index in [1.54, 1.807) is 19.9 Å². The van der Waals surface area contributed by atoms with Crippen LogP contribution in [0.4, 0.5) is 4.39 Å². The largest absolute Gasteiger partial charge is 0.394 e. The minimum atomic E-state index is -0.794. The number of rotatable bonds is 2. The van der Waals surface area contributed by atoms with Crippen LogP contribution in [0, 0.1) is 12.7 Å². The van der Waals surface area contributed by atoms with Gasteiger partial charge in [0.2, 0.25) is 0 Å². The molecule has 0 amide bonds. The Balaban J connectivity index is 3.16. The van der Waals surface area contributed by atoms with Crippen LogP contribution in [0.1, 0.15) is 18.1 Å². The highest BCUT2D eigenvalue weighted by Crippen LogP contribution is 2.21. The molecular weight excluding hydrogens is 169 g/mol. The molecule has 3 heteroatoms. The first-order valence-corrected chi connectivity index (χ1v) is 4.14. The summed E-state index contributed by atoms with van der Waals surface area (Å²) in [5.41, 5.74) is 6.56. The van der Waals surface area contributed by atoms with Crippen LogP contribution in [-0.2, 0) is 5.54 Å². The minimum Gasteiger partial charge on any atom is -0.394 e. The predicted octanol–water partition coefficient (Wildman–Crippen LogP) is 1.30. The highest BCUT2D eigenvalue weighted by Gasteiger charge is 2.21. The third-order valence-electron chi connectivity index (χ3n) is 2.13. The van der Waals surface area contributed by atoms with Gasteiger partial charge in [0, 0.05) is 0 Å². The molecule has 0 spiro atoms. The molecule has 0 bridgehead atoms. The summed E-state index contributed by atoms with van der Waals surface area (Å²) in [6.07, 6.45) is 0. The maximum absolute atomic E-state index is 12.7. The van der Waals surface area contributed by atoms with Gasteiger partial charge >= 0.3 is 0 Å². The van der Waals surface area contributed by atoms with E-state index in [1.165, 1.54) is 12.1 Å². The average molecular weight is 183 g/mol. The van der Waals surface area contributed by atoms with Crippen molar-refractivity contribution in [1.82, 2.24) is 0 Å². The molecule has 13 heavy (non-hydrogen) atoms. The molecular formula is C10H14FNO. The summed E-state index contributed by atoms with van der Waals surface area (Å²) < 4.78 is 12.7. The lowest BCUT2D eigenvalue weighted by atomic mass is 9.90. The second-order valence-electron chi connectivity index (χ2n) is 3.53. The lowest BCUT2D eigenvalue weighted by Crippen LogP contribution is -2.37. The zero-order valence-electron chi connectivity index (χ0n) is 7.84. The fourth-order valence-corrected chi connectivity index (χ4v) is 1.35. The van der Waals surface area contributed by atoms with E-state index in [1.807, 2.05) is 0 Å². The van der Waals surface area contributed by atoms with E-state index in [2.05, 4.69) is 0 Å². The van der Waals surface area contributed by atoms with Crippen molar-refractivity contribution < 1.29 is 9.50 Å². The van der Waals surface area contributed by atoms with Crippen LogP contribution in [0.25, 0.3) is 0 Å². The van der Waals surface area contributed by atoms with Crippen LogP contribution in [-0.4, -0.2) is 11.7 Å². The molecule has 2 nitrogen and oxygen atoms in total. The molecule has 0 saturated carbocycles. The maximum Gasteiger partial charge on any atom is 0.123 e. The van der Waals surface area contributed by atoms with Gasteiger partial charge in [0.05, 0.1) is 12.1 Å². The van der Waals surface area contributed by atoms with E-state index >= 15 is 0 Å². The van der Waals surface area contributed by atoms with E-state index in [9.17, 15) is 4.39 Å². The molecule has 0 aliphatic rings. The van der Waals surface area contributed by atoms with Crippen molar-refractivity contribution in [1.29, 1.82) is 0 Å². The van der Waals surface area contributed by atoms with Gasteiger partial charge in [-0.1, -0.05) is 6.07 Å². The first kappa shape index (κ1) is 10.2. The molecule has 0 aromatic heterocycles. The summed E-state index contributed by atoms with van der Waals surface area (Å²) in [5.74, 6) is -0.282. The molecule has 1 rings (SSSR count). The average Bonchev–Trinajstić information content (AvgIpc) is 2.03. The summed E-state index contributed by atoms with van der Waals surface area (Å²) in [4.78, 5) is 0. The molecule has 1 aromatic carbocycles. The Morgan fingerprint density at radius 1 is 1.54 bits per heavy atom. The molecule has 0 aliphatic carbocycles. The third kappa shape index (κ3) is 2.05. The number of halogens is 1. The first-order valence-electron chi connectivity index (χ1n) is 4.14.